The van der Waals surface area contributed by atoms with Crippen molar-refractivity contribution < 1.29 is 9.47 Å². The second-order valence-corrected chi connectivity index (χ2v) is 6.20. The Kier molecular flexibility index (Phi) is 4.92. The van der Waals surface area contributed by atoms with Crippen LogP contribution in [-0.4, -0.2) is 20.3 Å². The second-order valence-electron chi connectivity index (χ2n) is 6.20. The summed E-state index contributed by atoms with van der Waals surface area (Å²) in [4.78, 5) is 0. The van der Waals surface area contributed by atoms with Crippen LogP contribution in [-0.2, 0) is 0 Å². The monoisotopic (exact) mass is 277 g/mol. The molecule has 0 bridgehead atoms. The molecule has 3 heteroatoms. The van der Waals surface area contributed by atoms with Crippen LogP contribution in [0.4, 0.5) is 0 Å². The van der Waals surface area contributed by atoms with Gasteiger partial charge in [-0.25, -0.2) is 0 Å². The second kappa shape index (κ2) is 6.49. The topological polar surface area (TPSA) is 44.5 Å². The van der Waals surface area contributed by atoms with Crippen molar-refractivity contribution in [3.8, 4) is 11.5 Å². The first kappa shape index (κ1) is 15.2. The molecule has 0 spiro atoms. The van der Waals surface area contributed by atoms with Crippen molar-refractivity contribution in [2.24, 2.45) is 17.6 Å². The lowest BCUT2D eigenvalue weighted by Crippen LogP contribution is -2.36. The van der Waals surface area contributed by atoms with E-state index in [-0.39, 0.29) is 6.04 Å². The van der Waals surface area contributed by atoms with Crippen LogP contribution < -0.4 is 15.2 Å². The minimum absolute atomic E-state index is 0.229. The van der Waals surface area contributed by atoms with Gasteiger partial charge in [0.25, 0.3) is 0 Å². The summed E-state index contributed by atoms with van der Waals surface area (Å²) in [5.74, 6) is 3.59. The number of nitrogens with two attached hydrogens (primary N) is 1. The van der Waals surface area contributed by atoms with Gasteiger partial charge in [-0.3, -0.25) is 0 Å². The number of ether oxygens (including phenoxy) is 2. The fraction of sp³-hybridized carbons (Fsp3) is 0.647. The minimum Gasteiger partial charge on any atom is -0.497 e. The lowest BCUT2D eigenvalue weighted by atomic mass is 9.71. The molecule has 3 nitrogen and oxygen atoms in total. The molecule has 0 saturated heterocycles. The minimum atomic E-state index is 0.229. The van der Waals surface area contributed by atoms with Gasteiger partial charge in [0.15, 0.2) is 0 Å². The molecule has 2 N–H and O–H groups in total. The first-order valence-electron chi connectivity index (χ1n) is 7.54. The van der Waals surface area contributed by atoms with Crippen LogP contribution in [0.2, 0.25) is 0 Å². The summed E-state index contributed by atoms with van der Waals surface area (Å²) in [6, 6.07) is 6.31. The van der Waals surface area contributed by atoms with Crippen LogP contribution in [0.5, 0.6) is 11.5 Å². The standard InChI is InChI=1S/C17H27NO2/c1-11(2)12-5-8-16(18)15(9-12)14-7-6-13(19-3)10-17(14)20-4/h6-7,10-12,15-16H,5,8-9,18H2,1-4H3. The van der Waals surface area contributed by atoms with Gasteiger partial charge in [-0.2, -0.15) is 0 Å². The van der Waals surface area contributed by atoms with Gasteiger partial charge in [0.1, 0.15) is 11.5 Å². The van der Waals surface area contributed by atoms with E-state index in [4.69, 9.17) is 15.2 Å². The van der Waals surface area contributed by atoms with Gasteiger partial charge in [-0.05, 0) is 42.7 Å². The lowest BCUT2D eigenvalue weighted by Gasteiger charge is -2.37. The average Bonchev–Trinajstić information content (AvgIpc) is 2.47. The zero-order valence-corrected chi connectivity index (χ0v) is 13.1. The van der Waals surface area contributed by atoms with Crippen molar-refractivity contribution in [2.45, 2.75) is 45.1 Å². The Balaban J connectivity index is 2.28. The fourth-order valence-electron chi connectivity index (χ4n) is 3.31. The summed E-state index contributed by atoms with van der Waals surface area (Å²) >= 11 is 0. The van der Waals surface area contributed by atoms with E-state index in [1.165, 1.54) is 12.0 Å². The summed E-state index contributed by atoms with van der Waals surface area (Å²) in [5.41, 5.74) is 7.61. The zero-order chi connectivity index (χ0) is 14.7. The third-order valence-corrected chi connectivity index (χ3v) is 4.73. The summed E-state index contributed by atoms with van der Waals surface area (Å²) in [6.45, 7) is 4.62. The predicted molar refractivity (Wildman–Crippen MR) is 82.4 cm³/mol. The largest absolute Gasteiger partial charge is 0.497 e. The molecule has 0 heterocycles. The van der Waals surface area contributed by atoms with E-state index in [0.717, 1.165) is 30.3 Å². The van der Waals surface area contributed by atoms with Crippen molar-refractivity contribution in [1.29, 1.82) is 0 Å². The van der Waals surface area contributed by atoms with Gasteiger partial charge >= 0.3 is 0 Å². The number of methoxy groups -OCH3 is 2. The maximum atomic E-state index is 6.38. The molecule has 1 saturated carbocycles. The number of hydrogen-bond acceptors (Lipinski definition) is 3. The Bertz CT molecular complexity index is 445. The van der Waals surface area contributed by atoms with E-state index in [9.17, 15) is 0 Å². The predicted octanol–water partition coefficient (Wildman–Crippen LogP) is 3.57. The van der Waals surface area contributed by atoms with Crippen LogP contribution in [0.3, 0.4) is 0 Å². The van der Waals surface area contributed by atoms with Gasteiger partial charge in [-0.1, -0.05) is 19.9 Å². The van der Waals surface area contributed by atoms with Crippen LogP contribution in [0.1, 0.15) is 44.6 Å². The van der Waals surface area contributed by atoms with E-state index in [1.54, 1.807) is 14.2 Å². The van der Waals surface area contributed by atoms with Crippen molar-refractivity contribution in [1.82, 2.24) is 0 Å². The molecular formula is C17H27NO2. The number of hydrogen-bond donors (Lipinski definition) is 1. The first-order valence-corrected chi connectivity index (χ1v) is 7.54. The van der Waals surface area contributed by atoms with Crippen molar-refractivity contribution in [3.05, 3.63) is 23.8 Å². The molecular weight excluding hydrogens is 250 g/mol. The molecule has 1 aliphatic carbocycles. The number of rotatable bonds is 4. The van der Waals surface area contributed by atoms with Gasteiger partial charge in [0.05, 0.1) is 14.2 Å². The van der Waals surface area contributed by atoms with Gasteiger partial charge in [0.2, 0.25) is 0 Å². The Morgan fingerprint density at radius 3 is 2.50 bits per heavy atom. The summed E-state index contributed by atoms with van der Waals surface area (Å²) in [6.07, 6.45) is 3.50. The molecule has 0 amide bonds. The van der Waals surface area contributed by atoms with Gasteiger partial charge < -0.3 is 15.2 Å². The van der Waals surface area contributed by atoms with Crippen LogP contribution in [0, 0.1) is 11.8 Å². The van der Waals surface area contributed by atoms with Crippen LogP contribution >= 0.6 is 0 Å². The molecule has 20 heavy (non-hydrogen) atoms. The summed E-state index contributed by atoms with van der Waals surface area (Å²) in [7, 11) is 3.39. The maximum Gasteiger partial charge on any atom is 0.126 e. The normalized spacial score (nSPS) is 26.6. The van der Waals surface area contributed by atoms with Gasteiger partial charge in [-0.15, -0.1) is 0 Å². The van der Waals surface area contributed by atoms with E-state index >= 15 is 0 Å². The molecule has 1 aromatic rings. The van der Waals surface area contributed by atoms with E-state index in [1.807, 2.05) is 12.1 Å². The Hall–Kier alpha value is -1.22. The molecule has 1 aromatic carbocycles. The highest BCUT2D eigenvalue weighted by molar-refractivity contribution is 5.43. The molecule has 1 aliphatic rings. The zero-order valence-electron chi connectivity index (χ0n) is 13.1. The van der Waals surface area contributed by atoms with Crippen molar-refractivity contribution >= 4 is 0 Å². The van der Waals surface area contributed by atoms with Gasteiger partial charge in [0, 0.05) is 18.0 Å². The quantitative estimate of drug-likeness (QED) is 0.915. The van der Waals surface area contributed by atoms with E-state index in [2.05, 4.69) is 19.9 Å². The third-order valence-electron chi connectivity index (χ3n) is 4.73. The molecule has 0 aliphatic heterocycles. The highest BCUT2D eigenvalue weighted by atomic mass is 16.5. The Morgan fingerprint density at radius 1 is 1.15 bits per heavy atom. The summed E-state index contributed by atoms with van der Waals surface area (Å²) < 4.78 is 10.8. The molecule has 3 unspecified atom stereocenters. The first-order chi connectivity index (χ1) is 9.56. The molecule has 0 aromatic heterocycles. The average molecular weight is 277 g/mol. The SMILES string of the molecule is COc1ccc(C2CC(C(C)C)CCC2N)c(OC)c1. The van der Waals surface area contributed by atoms with E-state index in [0.29, 0.717) is 11.8 Å². The number of benzene rings is 1. The van der Waals surface area contributed by atoms with Crippen molar-refractivity contribution in [2.75, 3.05) is 14.2 Å². The molecule has 1 fully saturated rings. The van der Waals surface area contributed by atoms with Crippen LogP contribution in [0.25, 0.3) is 0 Å². The highest BCUT2D eigenvalue weighted by Gasteiger charge is 2.32. The summed E-state index contributed by atoms with van der Waals surface area (Å²) in [5, 5.41) is 0. The van der Waals surface area contributed by atoms with Crippen molar-refractivity contribution in [3.63, 3.8) is 0 Å². The highest BCUT2D eigenvalue weighted by Crippen LogP contribution is 2.42. The lowest BCUT2D eigenvalue weighted by molar-refractivity contribution is 0.229. The molecule has 2 rings (SSSR count). The van der Waals surface area contributed by atoms with E-state index < -0.39 is 0 Å². The fourth-order valence-corrected chi connectivity index (χ4v) is 3.31. The third kappa shape index (κ3) is 3.09. The molecule has 0 radical (unpaired) electrons. The molecule has 112 valence electrons. The molecule has 3 atom stereocenters. The Labute approximate surface area is 122 Å². The Morgan fingerprint density at radius 2 is 1.90 bits per heavy atom. The smallest absolute Gasteiger partial charge is 0.126 e. The maximum absolute atomic E-state index is 6.38. The van der Waals surface area contributed by atoms with Crippen LogP contribution in [0.15, 0.2) is 18.2 Å².